The van der Waals surface area contributed by atoms with Gasteiger partial charge in [0.15, 0.2) is 0 Å². The van der Waals surface area contributed by atoms with Gasteiger partial charge in [-0.2, -0.15) is 0 Å². The van der Waals surface area contributed by atoms with Crippen molar-refractivity contribution in [1.82, 2.24) is 5.32 Å². The minimum absolute atomic E-state index is 0.606. The second-order valence-corrected chi connectivity index (χ2v) is 3.74. The number of rotatable bonds is 6. The Morgan fingerprint density at radius 3 is 2.67 bits per heavy atom. The van der Waals surface area contributed by atoms with Crippen molar-refractivity contribution in [3.05, 3.63) is 29.8 Å². The van der Waals surface area contributed by atoms with Gasteiger partial charge in [-0.1, -0.05) is 25.1 Å². The summed E-state index contributed by atoms with van der Waals surface area (Å²) in [6, 6.07) is 8.85. The van der Waals surface area contributed by atoms with Gasteiger partial charge in [0.05, 0.1) is 7.11 Å². The van der Waals surface area contributed by atoms with Crippen LogP contribution < -0.4 is 10.1 Å². The van der Waals surface area contributed by atoms with Gasteiger partial charge in [0.2, 0.25) is 0 Å². The average molecular weight is 207 g/mol. The van der Waals surface area contributed by atoms with Crippen LogP contribution in [0, 0.1) is 0 Å². The van der Waals surface area contributed by atoms with E-state index in [-0.39, 0.29) is 0 Å². The molecule has 1 unspecified atom stereocenters. The lowest BCUT2D eigenvalue weighted by Crippen LogP contribution is -2.24. The van der Waals surface area contributed by atoms with Crippen molar-refractivity contribution in [2.75, 3.05) is 14.2 Å². The zero-order valence-electron chi connectivity index (χ0n) is 9.92. The van der Waals surface area contributed by atoms with Gasteiger partial charge in [-0.15, -0.1) is 0 Å². The molecule has 15 heavy (non-hydrogen) atoms. The van der Waals surface area contributed by atoms with E-state index in [9.17, 15) is 0 Å². The normalized spacial score (nSPS) is 12.5. The molecule has 0 fully saturated rings. The van der Waals surface area contributed by atoms with E-state index in [0.29, 0.717) is 6.04 Å². The van der Waals surface area contributed by atoms with Crippen molar-refractivity contribution >= 4 is 0 Å². The molecule has 2 nitrogen and oxygen atoms in total. The summed E-state index contributed by atoms with van der Waals surface area (Å²) in [5.41, 5.74) is 1.30. The predicted molar refractivity (Wildman–Crippen MR) is 64.5 cm³/mol. The number of methoxy groups -OCH3 is 1. The van der Waals surface area contributed by atoms with Crippen LogP contribution in [0.15, 0.2) is 24.3 Å². The number of hydrogen-bond acceptors (Lipinski definition) is 2. The lowest BCUT2D eigenvalue weighted by atomic mass is 10.0. The van der Waals surface area contributed by atoms with Crippen molar-refractivity contribution in [2.24, 2.45) is 0 Å². The van der Waals surface area contributed by atoms with Gasteiger partial charge in [-0.25, -0.2) is 0 Å². The van der Waals surface area contributed by atoms with E-state index in [4.69, 9.17) is 4.74 Å². The molecule has 0 heterocycles. The van der Waals surface area contributed by atoms with Gasteiger partial charge in [-0.3, -0.25) is 0 Å². The molecule has 2 heteroatoms. The molecule has 0 aliphatic rings. The zero-order chi connectivity index (χ0) is 11.1. The lowest BCUT2D eigenvalue weighted by Gasteiger charge is -2.14. The third-order valence-electron chi connectivity index (χ3n) is 2.86. The fourth-order valence-electron chi connectivity index (χ4n) is 1.79. The van der Waals surface area contributed by atoms with Crippen LogP contribution in [0.25, 0.3) is 0 Å². The molecule has 0 aliphatic carbocycles. The summed E-state index contributed by atoms with van der Waals surface area (Å²) in [5, 5.41) is 3.32. The van der Waals surface area contributed by atoms with E-state index in [1.807, 2.05) is 19.2 Å². The maximum Gasteiger partial charge on any atom is 0.122 e. The zero-order valence-corrected chi connectivity index (χ0v) is 9.92. The molecule has 84 valence electrons. The van der Waals surface area contributed by atoms with E-state index in [1.165, 1.54) is 12.0 Å². The summed E-state index contributed by atoms with van der Waals surface area (Å²) >= 11 is 0. The van der Waals surface area contributed by atoms with Crippen LogP contribution in [0.5, 0.6) is 5.75 Å². The van der Waals surface area contributed by atoms with Gasteiger partial charge in [0, 0.05) is 6.04 Å². The molecule has 1 aromatic rings. The lowest BCUT2D eigenvalue weighted by molar-refractivity contribution is 0.406. The van der Waals surface area contributed by atoms with Crippen molar-refractivity contribution in [3.63, 3.8) is 0 Å². The summed E-state index contributed by atoms with van der Waals surface area (Å²) in [6.07, 6.45) is 3.41. The third kappa shape index (κ3) is 3.56. The molecule has 0 radical (unpaired) electrons. The van der Waals surface area contributed by atoms with Crippen molar-refractivity contribution in [1.29, 1.82) is 0 Å². The predicted octanol–water partition coefficient (Wildman–Crippen LogP) is 2.63. The summed E-state index contributed by atoms with van der Waals surface area (Å²) < 4.78 is 5.32. The Morgan fingerprint density at radius 2 is 2.07 bits per heavy atom. The standard InChI is InChI=1S/C13H21NO/c1-4-12(14-2)10-9-11-7-5-6-8-13(11)15-3/h5-8,12,14H,4,9-10H2,1-3H3. The van der Waals surface area contributed by atoms with Crippen molar-refractivity contribution in [2.45, 2.75) is 32.2 Å². The molecule has 1 rings (SSSR count). The molecule has 1 atom stereocenters. The Kier molecular flexibility index (Phi) is 5.19. The first kappa shape index (κ1) is 12.1. The number of benzene rings is 1. The Hall–Kier alpha value is -1.02. The topological polar surface area (TPSA) is 21.3 Å². The van der Waals surface area contributed by atoms with Gasteiger partial charge in [-0.05, 0) is 37.9 Å². The van der Waals surface area contributed by atoms with Crippen LogP contribution >= 0.6 is 0 Å². The summed E-state index contributed by atoms with van der Waals surface area (Å²) in [6.45, 7) is 2.21. The highest BCUT2D eigenvalue weighted by Crippen LogP contribution is 2.19. The van der Waals surface area contributed by atoms with Crippen LogP contribution in [0.1, 0.15) is 25.3 Å². The smallest absolute Gasteiger partial charge is 0.122 e. The van der Waals surface area contributed by atoms with E-state index in [1.54, 1.807) is 7.11 Å². The highest BCUT2D eigenvalue weighted by atomic mass is 16.5. The molecule has 0 saturated heterocycles. The Bertz CT molecular complexity index is 282. The molecule has 0 spiro atoms. The number of aryl methyl sites for hydroxylation is 1. The Morgan fingerprint density at radius 1 is 1.33 bits per heavy atom. The molecular formula is C13H21NO. The molecule has 0 amide bonds. The van der Waals surface area contributed by atoms with Crippen LogP contribution in [-0.4, -0.2) is 20.2 Å². The van der Waals surface area contributed by atoms with Crippen LogP contribution in [0.3, 0.4) is 0 Å². The van der Waals surface area contributed by atoms with Gasteiger partial charge < -0.3 is 10.1 Å². The minimum atomic E-state index is 0.606. The minimum Gasteiger partial charge on any atom is -0.496 e. The average Bonchev–Trinajstić information content (AvgIpc) is 2.31. The molecule has 1 aromatic carbocycles. The third-order valence-corrected chi connectivity index (χ3v) is 2.86. The summed E-state index contributed by atoms with van der Waals surface area (Å²) in [5.74, 6) is 1.00. The van der Waals surface area contributed by atoms with Crippen molar-refractivity contribution < 1.29 is 4.74 Å². The van der Waals surface area contributed by atoms with Gasteiger partial charge >= 0.3 is 0 Å². The second kappa shape index (κ2) is 6.46. The van der Waals surface area contributed by atoms with E-state index in [0.717, 1.165) is 18.6 Å². The summed E-state index contributed by atoms with van der Waals surface area (Å²) in [7, 11) is 3.75. The number of ether oxygens (including phenoxy) is 1. The van der Waals surface area contributed by atoms with Crippen molar-refractivity contribution in [3.8, 4) is 5.75 Å². The quantitative estimate of drug-likeness (QED) is 0.774. The first-order valence-corrected chi connectivity index (χ1v) is 5.61. The highest BCUT2D eigenvalue weighted by molar-refractivity contribution is 5.33. The highest BCUT2D eigenvalue weighted by Gasteiger charge is 2.06. The molecule has 0 bridgehead atoms. The summed E-state index contributed by atoms with van der Waals surface area (Å²) in [4.78, 5) is 0. The monoisotopic (exact) mass is 207 g/mol. The molecule has 0 aromatic heterocycles. The maximum atomic E-state index is 5.32. The first-order chi connectivity index (χ1) is 7.31. The largest absolute Gasteiger partial charge is 0.496 e. The SMILES string of the molecule is CCC(CCc1ccccc1OC)NC. The Labute approximate surface area is 92.6 Å². The van der Waals surface area contributed by atoms with Gasteiger partial charge in [0.1, 0.15) is 5.75 Å². The molecular weight excluding hydrogens is 186 g/mol. The molecule has 0 saturated carbocycles. The number of nitrogens with one attached hydrogen (secondary N) is 1. The van der Waals surface area contributed by atoms with E-state index < -0.39 is 0 Å². The fourth-order valence-corrected chi connectivity index (χ4v) is 1.79. The first-order valence-electron chi connectivity index (χ1n) is 5.61. The van der Waals surface area contributed by atoms with E-state index >= 15 is 0 Å². The number of hydrogen-bond donors (Lipinski definition) is 1. The number of para-hydroxylation sites is 1. The molecule has 1 N–H and O–H groups in total. The van der Waals surface area contributed by atoms with Crippen LogP contribution in [0.2, 0.25) is 0 Å². The van der Waals surface area contributed by atoms with E-state index in [2.05, 4.69) is 24.4 Å². The van der Waals surface area contributed by atoms with Gasteiger partial charge in [0.25, 0.3) is 0 Å². The fraction of sp³-hybridized carbons (Fsp3) is 0.538. The molecule has 0 aliphatic heterocycles. The van der Waals surface area contributed by atoms with Crippen LogP contribution in [0.4, 0.5) is 0 Å². The maximum absolute atomic E-state index is 5.32. The Balaban J connectivity index is 2.56. The van der Waals surface area contributed by atoms with Crippen LogP contribution in [-0.2, 0) is 6.42 Å². The second-order valence-electron chi connectivity index (χ2n) is 3.74.